The molecule has 1 aromatic rings. The van der Waals surface area contributed by atoms with Gasteiger partial charge in [0.15, 0.2) is 0 Å². The topological polar surface area (TPSA) is 69.6 Å². The predicted molar refractivity (Wildman–Crippen MR) is 66.2 cm³/mol. The Morgan fingerprint density at radius 1 is 1.44 bits per heavy atom. The van der Waals surface area contributed by atoms with E-state index >= 15 is 0 Å². The van der Waals surface area contributed by atoms with Gasteiger partial charge in [0.25, 0.3) is 0 Å². The van der Waals surface area contributed by atoms with Crippen LogP contribution in [0.15, 0.2) is 30.3 Å². The van der Waals surface area contributed by atoms with Crippen molar-refractivity contribution in [1.29, 1.82) is 0 Å². The molecule has 1 atom stereocenters. The lowest BCUT2D eigenvalue weighted by Gasteiger charge is -2.19. The number of carbonyl (C=O) groups excluding carboxylic acids is 1. The number of nitrogens with one attached hydrogen (secondary N) is 1. The summed E-state index contributed by atoms with van der Waals surface area (Å²) in [6, 6.07) is 5.69. The van der Waals surface area contributed by atoms with Gasteiger partial charge in [-0.1, -0.05) is 12.1 Å². The molecule has 1 amide bonds. The van der Waals surface area contributed by atoms with E-state index in [2.05, 4.69) is 5.32 Å². The summed E-state index contributed by atoms with van der Waals surface area (Å²) in [5.74, 6) is -0.733. The molecule has 0 heterocycles. The van der Waals surface area contributed by atoms with Crippen LogP contribution in [0.4, 0.5) is 4.39 Å². The highest BCUT2D eigenvalue weighted by Gasteiger charge is 2.18. The molecule has 0 aliphatic rings. The fourth-order valence-electron chi connectivity index (χ4n) is 1.14. The summed E-state index contributed by atoms with van der Waals surface area (Å²) in [6.45, 7) is 0.933. The summed E-state index contributed by atoms with van der Waals surface area (Å²) in [6.07, 6.45) is 2.81. The number of rotatable bonds is 5. The van der Waals surface area contributed by atoms with Crippen LogP contribution < -0.4 is 5.32 Å². The lowest BCUT2D eigenvalue weighted by Crippen LogP contribution is -2.42. The van der Waals surface area contributed by atoms with Gasteiger partial charge in [-0.3, -0.25) is 4.79 Å². The van der Waals surface area contributed by atoms with Crippen LogP contribution in [0.3, 0.4) is 0 Å². The number of halogens is 1. The molecule has 0 saturated heterocycles. The van der Waals surface area contributed by atoms with Crippen LogP contribution in [0.1, 0.15) is 12.5 Å². The molecule has 18 heavy (non-hydrogen) atoms. The third-order valence-corrected chi connectivity index (χ3v) is 2.28. The smallest absolute Gasteiger partial charge is 0.244 e. The number of benzene rings is 1. The first kappa shape index (κ1) is 14.3. The number of carbonyl (C=O) groups is 1. The fraction of sp³-hybridized carbons (Fsp3) is 0.308. The van der Waals surface area contributed by atoms with Crippen molar-refractivity contribution in [2.45, 2.75) is 12.5 Å². The third-order valence-electron chi connectivity index (χ3n) is 2.28. The summed E-state index contributed by atoms with van der Waals surface area (Å²) in [5, 5.41) is 20.7. The predicted octanol–water partition coefficient (Wildman–Crippen LogP) is 0.698. The van der Waals surface area contributed by atoms with E-state index in [9.17, 15) is 14.3 Å². The van der Waals surface area contributed by atoms with Gasteiger partial charge in [-0.25, -0.2) is 4.39 Å². The minimum absolute atomic E-state index is 0.0455. The largest absolute Gasteiger partial charge is 0.393 e. The Balaban J connectivity index is 2.47. The number of amides is 1. The Morgan fingerprint density at radius 2 is 2.06 bits per heavy atom. The minimum Gasteiger partial charge on any atom is -0.393 e. The first-order valence-electron chi connectivity index (χ1n) is 5.48. The zero-order valence-electron chi connectivity index (χ0n) is 10.1. The van der Waals surface area contributed by atoms with E-state index in [-0.39, 0.29) is 12.4 Å². The first-order chi connectivity index (χ1) is 8.43. The zero-order chi connectivity index (χ0) is 13.6. The molecule has 0 bridgehead atoms. The standard InChI is InChI=1S/C13H16FNO3/c1-13(18,9-16)8-15-12(17)7-4-10-2-5-11(14)6-3-10/h2-7,16,18H,8-9H2,1H3,(H,15,17). The molecule has 0 aromatic heterocycles. The maximum atomic E-state index is 12.6. The molecule has 1 rings (SSSR count). The Hall–Kier alpha value is -1.72. The molecule has 1 unspecified atom stereocenters. The highest BCUT2D eigenvalue weighted by atomic mass is 19.1. The van der Waals surface area contributed by atoms with Crippen LogP contribution in [0.5, 0.6) is 0 Å². The Labute approximate surface area is 105 Å². The van der Waals surface area contributed by atoms with Gasteiger partial charge < -0.3 is 15.5 Å². The van der Waals surface area contributed by atoms with Crippen molar-refractivity contribution in [2.24, 2.45) is 0 Å². The van der Waals surface area contributed by atoms with Gasteiger partial charge in [-0.05, 0) is 30.7 Å². The molecule has 98 valence electrons. The molecular weight excluding hydrogens is 237 g/mol. The van der Waals surface area contributed by atoms with Crippen molar-refractivity contribution >= 4 is 12.0 Å². The number of hydrogen-bond acceptors (Lipinski definition) is 3. The van der Waals surface area contributed by atoms with Crippen molar-refractivity contribution < 1.29 is 19.4 Å². The van der Waals surface area contributed by atoms with E-state index in [1.54, 1.807) is 12.1 Å². The van der Waals surface area contributed by atoms with Crippen LogP contribution in [-0.4, -0.2) is 34.9 Å². The summed E-state index contributed by atoms with van der Waals surface area (Å²) in [5.41, 5.74) is -0.639. The van der Waals surface area contributed by atoms with Crippen LogP contribution in [0.2, 0.25) is 0 Å². The first-order valence-corrected chi connectivity index (χ1v) is 5.48. The number of aliphatic hydroxyl groups is 2. The van der Waals surface area contributed by atoms with Crippen molar-refractivity contribution in [3.8, 4) is 0 Å². The number of aliphatic hydroxyl groups excluding tert-OH is 1. The average Bonchev–Trinajstić information content (AvgIpc) is 2.36. The van der Waals surface area contributed by atoms with E-state index in [1.165, 1.54) is 31.2 Å². The molecule has 1 aromatic carbocycles. The third kappa shape index (κ3) is 5.07. The van der Waals surface area contributed by atoms with Crippen molar-refractivity contribution in [3.05, 3.63) is 41.7 Å². The second kappa shape index (κ2) is 6.28. The lowest BCUT2D eigenvalue weighted by atomic mass is 10.1. The van der Waals surface area contributed by atoms with Gasteiger partial charge in [0.05, 0.1) is 6.61 Å². The van der Waals surface area contributed by atoms with Crippen LogP contribution >= 0.6 is 0 Å². The summed E-state index contributed by atoms with van der Waals surface area (Å²) in [4.78, 5) is 11.4. The fourth-order valence-corrected chi connectivity index (χ4v) is 1.14. The second-order valence-electron chi connectivity index (χ2n) is 4.26. The van der Waals surface area contributed by atoms with E-state index in [0.29, 0.717) is 5.56 Å². The second-order valence-corrected chi connectivity index (χ2v) is 4.26. The normalized spacial score (nSPS) is 14.4. The Morgan fingerprint density at radius 3 is 2.61 bits per heavy atom. The SMILES string of the molecule is CC(O)(CO)CNC(=O)C=Cc1ccc(F)cc1. The minimum atomic E-state index is -1.33. The van der Waals surface area contributed by atoms with Gasteiger partial charge in [0.1, 0.15) is 11.4 Å². The molecule has 0 aliphatic heterocycles. The van der Waals surface area contributed by atoms with E-state index < -0.39 is 18.1 Å². The molecule has 0 aliphatic carbocycles. The molecule has 0 spiro atoms. The van der Waals surface area contributed by atoms with E-state index in [0.717, 1.165) is 0 Å². The Bertz CT molecular complexity index is 426. The summed E-state index contributed by atoms with van der Waals surface area (Å²) < 4.78 is 12.6. The van der Waals surface area contributed by atoms with Crippen LogP contribution in [0.25, 0.3) is 6.08 Å². The molecule has 0 fully saturated rings. The lowest BCUT2D eigenvalue weighted by molar-refractivity contribution is -0.117. The van der Waals surface area contributed by atoms with Gasteiger partial charge in [-0.15, -0.1) is 0 Å². The van der Waals surface area contributed by atoms with Crippen LogP contribution in [-0.2, 0) is 4.79 Å². The number of hydrogen-bond donors (Lipinski definition) is 3. The molecule has 0 radical (unpaired) electrons. The van der Waals surface area contributed by atoms with Gasteiger partial charge >= 0.3 is 0 Å². The molecule has 5 heteroatoms. The summed E-state index contributed by atoms with van der Waals surface area (Å²) >= 11 is 0. The van der Waals surface area contributed by atoms with E-state index in [4.69, 9.17) is 5.11 Å². The summed E-state index contributed by atoms with van der Waals surface area (Å²) in [7, 11) is 0. The van der Waals surface area contributed by atoms with Crippen LogP contribution in [0, 0.1) is 5.82 Å². The molecule has 0 saturated carbocycles. The van der Waals surface area contributed by atoms with Crippen molar-refractivity contribution in [3.63, 3.8) is 0 Å². The molecule has 3 N–H and O–H groups in total. The quantitative estimate of drug-likeness (QED) is 0.676. The maximum Gasteiger partial charge on any atom is 0.244 e. The monoisotopic (exact) mass is 253 g/mol. The maximum absolute atomic E-state index is 12.6. The molecular formula is C13H16FNO3. The van der Waals surface area contributed by atoms with Gasteiger partial charge in [0.2, 0.25) is 5.91 Å². The zero-order valence-corrected chi connectivity index (χ0v) is 10.1. The Kier molecular flexibility index (Phi) is 5.00. The van der Waals surface area contributed by atoms with Gasteiger partial charge in [-0.2, -0.15) is 0 Å². The van der Waals surface area contributed by atoms with Gasteiger partial charge in [0, 0.05) is 12.6 Å². The van der Waals surface area contributed by atoms with Crippen molar-refractivity contribution in [2.75, 3.05) is 13.2 Å². The van der Waals surface area contributed by atoms with Crippen molar-refractivity contribution in [1.82, 2.24) is 5.32 Å². The highest BCUT2D eigenvalue weighted by molar-refractivity contribution is 5.91. The molecule has 4 nitrogen and oxygen atoms in total. The highest BCUT2D eigenvalue weighted by Crippen LogP contribution is 2.04. The van der Waals surface area contributed by atoms with E-state index in [1.807, 2.05) is 0 Å². The average molecular weight is 253 g/mol.